The van der Waals surface area contributed by atoms with Crippen LogP contribution >= 0.6 is 0 Å². The molecule has 4 rings (SSSR count). The average Bonchev–Trinajstić information content (AvgIpc) is 3.10. The van der Waals surface area contributed by atoms with Crippen molar-refractivity contribution < 1.29 is 19.5 Å². The van der Waals surface area contributed by atoms with Crippen molar-refractivity contribution in [2.75, 3.05) is 6.61 Å². The van der Waals surface area contributed by atoms with Crippen LogP contribution in [-0.2, 0) is 14.3 Å². The van der Waals surface area contributed by atoms with Crippen molar-refractivity contribution in [3.05, 3.63) is 11.6 Å². The van der Waals surface area contributed by atoms with Crippen molar-refractivity contribution in [1.29, 1.82) is 0 Å². The van der Waals surface area contributed by atoms with E-state index < -0.39 is 0 Å². The van der Waals surface area contributed by atoms with Gasteiger partial charge in [-0.2, -0.15) is 0 Å². The Morgan fingerprint density at radius 2 is 2.17 bits per heavy atom. The fourth-order valence-corrected chi connectivity index (χ4v) is 5.57. The molecular weight excluding hydrogens is 294 g/mol. The number of cyclic esters (lactones) is 1. The molecule has 5 heteroatoms. The Morgan fingerprint density at radius 3 is 2.87 bits per heavy atom. The molecule has 2 saturated carbocycles. The molecule has 0 bridgehead atoms. The van der Waals surface area contributed by atoms with E-state index >= 15 is 0 Å². The minimum atomic E-state index is -0.208. The molecule has 3 unspecified atom stereocenters. The van der Waals surface area contributed by atoms with Crippen LogP contribution in [0.25, 0.3) is 0 Å². The van der Waals surface area contributed by atoms with E-state index in [0.29, 0.717) is 30.3 Å². The third-order valence-corrected chi connectivity index (χ3v) is 6.84. The van der Waals surface area contributed by atoms with Crippen LogP contribution in [0.15, 0.2) is 16.8 Å². The predicted octanol–water partition coefficient (Wildman–Crippen LogP) is 2.92. The Kier molecular flexibility index (Phi) is 3.52. The SMILES string of the molecule is C[C@H]1/C(=N/O)CCC2C1CCC1(C)O[C@H](C3=CCOC3=O)C[C@@H]21. The first kappa shape index (κ1) is 15.2. The van der Waals surface area contributed by atoms with Crippen molar-refractivity contribution >= 4 is 11.7 Å². The highest BCUT2D eigenvalue weighted by Gasteiger charge is 2.56. The van der Waals surface area contributed by atoms with Gasteiger partial charge >= 0.3 is 5.97 Å². The first-order valence-electron chi connectivity index (χ1n) is 8.79. The van der Waals surface area contributed by atoms with E-state index in [9.17, 15) is 10.0 Å². The summed E-state index contributed by atoms with van der Waals surface area (Å²) in [5.74, 6) is 1.78. The molecule has 0 amide bonds. The number of esters is 1. The first-order chi connectivity index (χ1) is 11.0. The summed E-state index contributed by atoms with van der Waals surface area (Å²) in [5.41, 5.74) is 1.54. The molecule has 0 radical (unpaired) electrons. The van der Waals surface area contributed by atoms with Crippen LogP contribution in [0.3, 0.4) is 0 Å². The zero-order chi connectivity index (χ0) is 16.2. The first-order valence-corrected chi connectivity index (χ1v) is 8.79. The summed E-state index contributed by atoms with van der Waals surface area (Å²) in [6.45, 7) is 4.79. The fraction of sp³-hybridized carbons (Fsp3) is 0.778. The molecule has 126 valence electrons. The van der Waals surface area contributed by atoms with Crippen molar-refractivity contribution in [3.8, 4) is 0 Å². The van der Waals surface area contributed by atoms with Crippen LogP contribution in [0.1, 0.15) is 46.0 Å². The largest absolute Gasteiger partial charge is 0.458 e. The number of hydrogen-bond donors (Lipinski definition) is 1. The van der Waals surface area contributed by atoms with E-state index in [2.05, 4.69) is 19.0 Å². The van der Waals surface area contributed by atoms with Crippen LogP contribution in [0, 0.1) is 23.7 Å². The lowest BCUT2D eigenvalue weighted by molar-refractivity contribution is -0.138. The van der Waals surface area contributed by atoms with Crippen molar-refractivity contribution in [2.24, 2.45) is 28.8 Å². The molecule has 1 N–H and O–H groups in total. The smallest absolute Gasteiger partial charge is 0.336 e. The summed E-state index contributed by atoms with van der Waals surface area (Å²) in [5, 5.41) is 12.7. The minimum Gasteiger partial charge on any atom is -0.458 e. The summed E-state index contributed by atoms with van der Waals surface area (Å²) in [6, 6.07) is 0. The van der Waals surface area contributed by atoms with Gasteiger partial charge in [-0.3, -0.25) is 0 Å². The standard InChI is InChI=1S/C18H25NO4/c1-10-11-5-7-18(2)14(12(11)3-4-15(10)19-21)9-16(23-18)13-6-8-22-17(13)20/h6,10-12,14,16,21H,3-5,7-9H2,1-2H3/b19-15+/t10-,11?,12?,14+,16+,18?/m1/s1. The summed E-state index contributed by atoms with van der Waals surface area (Å²) in [4.78, 5) is 11.9. The Labute approximate surface area is 136 Å². The maximum atomic E-state index is 11.9. The minimum absolute atomic E-state index is 0.109. The second-order valence-corrected chi connectivity index (χ2v) is 7.80. The Morgan fingerprint density at radius 1 is 1.35 bits per heavy atom. The van der Waals surface area contributed by atoms with Crippen molar-refractivity contribution in [2.45, 2.75) is 57.7 Å². The van der Waals surface area contributed by atoms with Gasteiger partial charge in [0.05, 0.1) is 23.0 Å². The topological polar surface area (TPSA) is 68.1 Å². The number of carbonyl (C=O) groups is 1. The molecule has 0 aromatic heterocycles. The predicted molar refractivity (Wildman–Crippen MR) is 84.3 cm³/mol. The van der Waals surface area contributed by atoms with Gasteiger partial charge in [0.25, 0.3) is 0 Å². The molecule has 0 aromatic rings. The number of ether oxygens (including phenoxy) is 2. The van der Waals surface area contributed by atoms with Gasteiger partial charge in [-0.1, -0.05) is 12.1 Å². The van der Waals surface area contributed by atoms with E-state index in [-0.39, 0.29) is 17.7 Å². The monoisotopic (exact) mass is 319 g/mol. The Hall–Kier alpha value is -1.36. The number of nitrogens with zero attached hydrogens (tertiary/aromatic N) is 1. The summed E-state index contributed by atoms with van der Waals surface area (Å²) in [6.07, 6.45) is 6.74. The second kappa shape index (κ2) is 5.33. The van der Waals surface area contributed by atoms with Gasteiger partial charge in [-0.15, -0.1) is 0 Å². The molecule has 2 aliphatic carbocycles. The van der Waals surface area contributed by atoms with Crippen LogP contribution in [0.2, 0.25) is 0 Å². The Bertz CT molecular complexity index is 584. The van der Waals surface area contributed by atoms with Gasteiger partial charge in [0.15, 0.2) is 0 Å². The fourth-order valence-electron chi connectivity index (χ4n) is 5.57. The van der Waals surface area contributed by atoms with Crippen LogP contribution in [0.5, 0.6) is 0 Å². The summed E-state index contributed by atoms with van der Waals surface area (Å²) < 4.78 is 11.5. The third kappa shape index (κ3) is 2.24. The van der Waals surface area contributed by atoms with Gasteiger partial charge in [-0.25, -0.2) is 4.79 Å². The average molecular weight is 319 g/mol. The molecule has 23 heavy (non-hydrogen) atoms. The van der Waals surface area contributed by atoms with Crippen molar-refractivity contribution in [1.82, 2.24) is 0 Å². The molecule has 3 fully saturated rings. The molecule has 2 aliphatic heterocycles. The van der Waals surface area contributed by atoms with Gasteiger partial charge in [0.1, 0.15) is 6.61 Å². The summed E-state index contributed by atoms with van der Waals surface area (Å²) >= 11 is 0. The molecular formula is C18H25NO4. The van der Waals surface area contributed by atoms with Gasteiger partial charge in [0, 0.05) is 5.92 Å². The summed E-state index contributed by atoms with van der Waals surface area (Å²) in [7, 11) is 0. The zero-order valence-corrected chi connectivity index (χ0v) is 13.8. The van der Waals surface area contributed by atoms with Crippen molar-refractivity contribution in [3.63, 3.8) is 0 Å². The van der Waals surface area contributed by atoms with Crippen LogP contribution < -0.4 is 0 Å². The third-order valence-electron chi connectivity index (χ3n) is 6.84. The van der Waals surface area contributed by atoms with Crippen LogP contribution in [0.4, 0.5) is 0 Å². The molecule has 2 heterocycles. The molecule has 1 saturated heterocycles. The molecule has 0 spiro atoms. The number of oxime groups is 1. The second-order valence-electron chi connectivity index (χ2n) is 7.80. The van der Waals surface area contributed by atoms with Gasteiger partial charge < -0.3 is 14.7 Å². The van der Waals surface area contributed by atoms with Gasteiger partial charge in [-0.05, 0) is 62.9 Å². The lowest BCUT2D eigenvalue weighted by Gasteiger charge is -2.49. The zero-order valence-electron chi connectivity index (χ0n) is 13.8. The maximum absolute atomic E-state index is 11.9. The van der Waals surface area contributed by atoms with Gasteiger partial charge in [0.2, 0.25) is 0 Å². The van der Waals surface area contributed by atoms with E-state index in [1.807, 2.05) is 6.08 Å². The highest BCUT2D eigenvalue weighted by molar-refractivity contribution is 5.91. The number of rotatable bonds is 1. The van der Waals surface area contributed by atoms with E-state index in [4.69, 9.17) is 9.47 Å². The quantitative estimate of drug-likeness (QED) is 0.458. The molecule has 4 aliphatic rings. The van der Waals surface area contributed by atoms with E-state index in [1.54, 1.807) is 0 Å². The maximum Gasteiger partial charge on any atom is 0.336 e. The van der Waals surface area contributed by atoms with E-state index in [1.165, 1.54) is 0 Å². The number of fused-ring (bicyclic) bond motifs is 3. The highest BCUT2D eigenvalue weighted by Crippen LogP contribution is 2.56. The molecule has 6 atom stereocenters. The normalized spacial score (nSPS) is 47.9. The molecule has 0 aromatic carbocycles. The van der Waals surface area contributed by atoms with E-state index in [0.717, 1.165) is 43.4 Å². The van der Waals surface area contributed by atoms with Crippen LogP contribution in [-0.4, -0.2) is 35.2 Å². The Balaban J connectivity index is 1.58. The number of hydrogen-bond acceptors (Lipinski definition) is 5. The lowest BCUT2D eigenvalue weighted by atomic mass is 9.57. The number of carbonyl (C=O) groups excluding carboxylic acids is 1. The lowest BCUT2D eigenvalue weighted by Crippen LogP contribution is -2.48. The highest BCUT2D eigenvalue weighted by atomic mass is 16.5. The molecule has 5 nitrogen and oxygen atoms in total.